The second-order valence-electron chi connectivity index (χ2n) is 6.54. The molecule has 118 valence electrons. The molecule has 0 aliphatic carbocycles. The molecule has 2 aromatic carbocycles. The van der Waals surface area contributed by atoms with Crippen LogP contribution in [0.4, 0.5) is 11.4 Å². The Morgan fingerprint density at radius 3 is 1.23 bits per heavy atom. The van der Waals surface area contributed by atoms with Crippen LogP contribution in [-0.4, -0.2) is 15.7 Å². The van der Waals surface area contributed by atoms with Gasteiger partial charge in [-0.2, -0.15) is 0 Å². The summed E-state index contributed by atoms with van der Waals surface area (Å²) < 4.78 is 12.7. The van der Waals surface area contributed by atoms with Crippen LogP contribution in [0.5, 0.6) is 11.5 Å². The van der Waals surface area contributed by atoms with E-state index in [9.17, 15) is 0 Å². The molecule has 0 fully saturated rings. The third-order valence-corrected chi connectivity index (χ3v) is 16.5. The Balaban J connectivity index is 2.27. The van der Waals surface area contributed by atoms with E-state index in [0.29, 0.717) is 0 Å². The molecule has 0 unspecified atom stereocenters. The maximum atomic E-state index is 6.35. The molecule has 0 spiro atoms. The van der Waals surface area contributed by atoms with Gasteiger partial charge in [-0.15, -0.1) is 0 Å². The fourth-order valence-electron chi connectivity index (χ4n) is 1.85. The quantitative estimate of drug-likeness (QED) is 0.645. The molecule has 0 radical (unpaired) electrons. The largest absolute Gasteiger partial charge is 0.515 e. The smallest absolute Gasteiger partial charge is 0.427 e. The van der Waals surface area contributed by atoms with Crippen molar-refractivity contribution in [2.75, 3.05) is 11.5 Å². The second kappa shape index (κ2) is 6.06. The highest BCUT2D eigenvalue weighted by Gasteiger charge is 2.50. The van der Waals surface area contributed by atoms with E-state index in [-0.39, 0.29) is 0 Å². The summed E-state index contributed by atoms with van der Waals surface area (Å²) in [6, 6.07) is 15.0. The zero-order chi connectivity index (χ0) is 16.4. The van der Waals surface area contributed by atoms with Gasteiger partial charge < -0.3 is 20.3 Å². The summed E-state index contributed by atoms with van der Waals surface area (Å²) in [5.74, 6) is 1.61. The molecule has 2 aromatic rings. The molecule has 4 nitrogen and oxygen atoms in total. The van der Waals surface area contributed by atoms with Crippen molar-refractivity contribution in [3.8, 4) is 11.5 Å². The van der Waals surface area contributed by atoms with E-state index < -0.39 is 15.7 Å². The van der Waals surface area contributed by atoms with Crippen molar-refractivity contribution >= 4 is 27.0 Å². The molecule has 0 aliphatic heterocycles. The molecule has 6 heteroatoms. The minimum atomic E-state index is -2.41. The first kappa shape index (κ1) is 16.4. The summed E-state index contributed by atoms with van der Waals surface area (Å²) in [6.07, 6.45) is 0. The Labute approximate surface area is 134 Å². The van der Waals surface area contributed by atoms with Gasteiger partial charge in [-0.05, 0) is 55.1 Å². The zero-order valence-electron chi connectivity index (χ0n) is 13.6. The average Bonchev–Trinajstić information content (AvgIpc) is 2.43. The van der Waals surface area contributed by atoms with Gasteiger partial charge in [0.15, 0.2) is 0 Å². The van der Waals surface area contributed by atoms with Crippen LogP contribution in [0, 0.1) is 0 Å². The van der Waals surface area contributed by atoms with Gasteiger partial charge in [0.1, 0.15) is 19.1 Å². The fourth-order valence-corrected chi connectivity index (χ4v) is 6.22. The summed E-state index contributed by atoms with van der Waals surface area (Å²) in [6.45, 7) is 8.95. The summed E-state index contributed by atoms with van der Waals surface area (Å²) in [4.78, 5) is 0. The molecule has 0 saturated carbocycles. The third kappa shape index (κ3) is 3.83. The van der Waals surface area contributed by atoms with Crippen LogP contribution in [-0.2, 0) is 0 Å². The molecule has 4 N–H and O–H groups in total. The van der Waals surface area contributed by atoms with Crippen LogP contribution in [0.25, 0.3) is 0 Å². The van der Waals surface area contributed by atoms with Gasteiger partial charge in [-0.1, -0.05) is 19.6 Å². The van der Waals surface area contributed by atoms with Gasteiger partial charge in [0.2, 0.25) is 0 Å². The number of anilines is 2. The van der Waals surface area contributed by atoms with Crippen molar-refractivity contribution in [3.05, 3.63) is 48.5 Å². The topological polar surface area (TPSA) is 70.5 Å². The second-order valence-corrected chi connectivity index (χ2v) is 20.6. The summed E-state index contributed by atoms with van der Waals surface area (Å²) >= 11 is 0. The lowest BCUT2D eigenvalue weighted by atomic mass is 10.3. The number of benzene rings is 2. The molecule has 0 atom stereocenters. The fraction of sp³-hybridized carbons (Fsp3) is 0.250. The van der Waals surface area contributed by atoms with E-state index in [2.05, 4.69) is 26.2 Å². The van der Waals surface area contributed by atoms with Crippen molar-refractivity contribution in [1.82, 2.24) is 0 Å². The Bertz CT molecular complexity index is 575. The van der Waals surface area contributed by atoms with Crippen molar-refractivity contribution < 1.29 is 8.85 Å². The summed E-state index contributed by atoms with van der Waals surface area (Å²) in [5, 5.41) is 0. The lowest BCUT2D eigenvalue weighted by Crippen LogP contribution is -2.64. The third-order valence-electron chi connectivity index (χ3n) is 3.75. The van der Waals surface area contributed by atoms with Gasteiger partial charge in [0.05, 0.1) is 0 Å². The molecule has 2 rings (SSSR count). The van der Waals surface area contributed by atoms with Crippen LogP contribution in [0.1, 0.15) is 0 Å². The maximum Gasteiger partial charge on any atom is 0.427 e. The SMILES string of the molecule is C[Si](C)(C)[Si](C)(Oc1ccc(N)cc1)Oc1ccc(N)cc1. The van der Waals surface area contributed by atoms with Crippen LogP contribution in [0.2, 0.25) is 26.2 Å². The first-order valence-electron chi connectivity index (χ1n) is 7.29. The van der Waals surface area contributed by atoms with Crippen molar-refractivity contribution in [3.63, 3.8) is 0 Å². The molecule has 0 saturated heterocycles. The van der Waals surface area contributed by atoms with Crippen LogP contribution in [0.15, 0.2) is 48.5 Å². The first-order valence-corrected chi connectivity index (χ1v) is 14.1. The number of hydrogen-bond donors (Lipinski definition) is 2. The molecular weight excluding hydrogens is 308 g/mol. The molecule has 0 bridgehead atoms. The van der Waals surface area contributed by atoms with E-state index in [1.807, 2.05) is 48.5 Å². The highest BCUT2D eigenvalue weighted by molar-refractivity contribution is 7.36. The number of hydrogen-bond acceptors (Lipinski definition) is 4. The van der Waals surface area contributed by atoms with Crippen molar-refractivity contribution in [1.29, 1.82) is 0 Å². The molecule has 0 amide bonds. The number of nitrogens with two attached hydrogens (primary N) is 2. The molecular formula is C16H24N2O2Si2. The van der Waals surface area contributed by atoms with Gasteiger partial charge in [0.25, 0.3) is 0 Å². The Morgan fingerprint density at radius 2 is 0.955 bits per heavy atom. The molecule has 22 heavy (non-hydrogen) atoms. The first-order chi connectivity index (χ1) is 10.2. The van der Waals surface area contributed by atoms with E-state index in [4.69, 9.17) is 20.3 Å². The highest BCUT2D eigenvalue weighted by atomic mass is 29.3. The van der Waals surface area contributed by atoms with Gasteiger partial charge in [-0.25, -0.2) is 0 Å². The van der Waals surface area contributed by atoms with E-state index in [0.717, 1.165) is 22.9 Å². The Morgan fingerprint density at radius 1 is 0.636 bits per heavy atom. The van der Waals surface area contributed by atoms with Gasteiger partial charge >= 0.3 is 8.08 Å². The molecule has 0 heterocycles. The summed E-state index contributed by atoms with van der Waals surface area (Å²) in [7, 11) is -4.08. The standard InChI is InChI=1S/C16H24N2O2Si2/c1-21(2,3)22(4,19-15-9-5-13(17)6-10-15)20-16-11-7-14(18)8-12-16/h5-12H,17-18H2,1-4H3. The van der Waals surface area contributed by atoms with Gasteiger partial charge in [0, 0.05) is 11.4 Å². The Kier molecular flexibility index (Phi) is 4.53. The Hall–Kier alpha value is -1.93. The zero-order valence-corrected chi connectivity index (χ0v) is 15.6. The predicted molar refractivity (Wildman–Crippen MR) is 97.9 cm³/mol. The molecule has 0 aliphatic rings. The van der Waals surface area contributed by atoms with Crippen LogP contribution < -0.4 is 20.3 Å². The van der Waals surface area contributed by atoms with Crippen molar-refractivity contribution in [2.45, 2.75) is 26.2 Å². The maximum absolute atomic E-state index is 6.35. The van der Waals surface area contributed by atoms with Crippen LogP contribution >= 0.6 is 0 Å². The minimum absolute atomic E-state index is 0.725. The van der Waals surface area contributed by atoms with Crippen molar-refractivity contribution in [2.24, 2.45) is 0 Å². The normalized spacial score (nSPS) is 12.0. The average molecular weight is 333 g/mol. The van der Waals surface area contributed by atoms with Crippen LogP contribution in [0.3, 0.4) is 0 Å². The van der Waals surface area contributed by atoms with E-state index in [1.165, 1.54) is 0 Å². The minimum Gasteiger partial charge on any atom is -0.515 e. The van der Waals surface area contributed by atoms with E-state index >= 15 is 0 Å². The number of rotatable bonds is 5. The number of nitrogen functional groups attached to an aromatic ring is 2. The predicted octanol–water partition coefficient (Wildman–Crippen LogP) is 3.80. The highest BCUT2D eigenvalue weighted by Crippen LogP contribution is 2.28. The van der Waals surface area contributed by atoms with Gasteiger partial charge in [-0.3, -0.25) is 0 Å². The van der Waals surface area contributed by atoms with E-state index in [1.54, 1.807) is 0 Å². The summed E-state index contributed by atoms with van der Waals surface area (Å²) in [5.41, 5.74) is 12.9. The monoisotopic (exact) mass is 332 g/mol. The lowest BCUT2D eigenvalue weighted by Gasteiger charge is -2.37. The lowest BCUT2D eigenvalue weighted by molar-refractivity contribution is 0.414. The molecule has 0 aromatic heterocycles.